The first-order valence-corrected chi connectivity index (χ1v) is 2.78. The van der Waals surface area contributed by atoms with Gasteiger partial charge in [0.2, 0.25) is 0 Å². The molecule has 9 heavy (non-hydrogen) atoms. The van der Waals surface area contributed by atoms with Gasteiger partial charge in [-0.3, -0.25) is 4.99 Å². The van der Waals surface area contributed by atoms with Crippen LogP contribution in [0.5, 0.6) is 0 Å². The van der Waals surface area contributed by atoms with Gasteiger partial charge in [-0.1, -0.05) is 0 Å². The van der Waals surface area contributed by atoms with E-state index in [0.717, 1.165) is 6.42 Å². The van der Waals surface area contributed by atoms with E-state index in [1.807, 2.05) is 0 Å². The minimum absolute atomic E-state index is 0.709. The summed E-state index contributed by atoms with van der Waals surface area (Å²) in [5.41, 5.74) is 0. The van der Waals surface area contributed by atoms with Gasteiger partial charge in [0, 0.05) is 6.42 Å². The Kier molecular flexibility index (Phi) is 1.82. The first-order chi connectivity index (χ1) is 4.30. The Morgan fingerprint density at radius 1 is 1.89 bits per heavy atom. The fraction of sp³-hybridized carbons (Fsp3) is 0.500. The van der Waals surface area contributed by atoms with Gasteiger partial charge in [0.1, 0.15) is 0 Å². The predicted molar refractivity (Wildman–Crippen MR) is 32.4 cm³/mol. The maximum atomic E-state index is 10.2. The summed E-state index contributed by atoms with van der Waals surface area (Å²) >= 11 is 0. The van der Waals surface area contributed by atoms with Crippen LogP contribution in [0.4, 0.5) is 0 Å². The second-order valence-corrected chi connectivity index (χ2v) is 1.82. The van der Waals surface area contributed by atoms with Crippen molar-refractivity contribution in [2.45, 2.75) is 18.9 Å². The first-order valence-electron chi connectivity index (χ1n) is 2.78. The number of aliphatic imine (C=N–C) groups is 1. The van der Waals surface area contributed by atoms with Crippen molar-refractivity contribution in [3.63, 3.8) is 0 Å². The standard InChI is InChI=1S/C6H7NO2/c8-6(9)5-3-1-2-4-7-5/h4-5H,1-2H2,(H,8,9). The molecule has 0 aromatic rings. The van der Waals surface area contributed by atoms with Crippen LogP contribution in [0.1, 0.15) is 12.8 Å². The van der Waals surface area contributed by atoms with Crippen LogP contribution < -0.4 is 0 Å². The summed E-state index contributed by atoms with van der Waals surface area (Å²) in [4.78, 5) is 13.9. The summed E-state index contributed by atoms with van der Waals surface area (Å²) in [6.45, 7) is 0. The monoisotopic (exact) mass is 125 g/mol. The van der Waals surface area contributed by atoms with E-state index in [9.17, 15) is 4.79 Å². The normalized spacial score (nSPS) is 26.0. The van der Waals surface area contributed by atoms with Crippen molar-refractivity contribution < 1.29 is 9.90 Å². The fourth-order valence-electron chi connectivity index (χ4n) is 0.668. The smallest absolute Gasteiger partial charge is 0.329 e. The van der Waals surface area contributed by atoms with Crippen molar-refractivity contribution in [2.24, 2.45) is 4.99 Å². The zero-order valence-corrected chi connectivity index (χ0v) is 4.87. The molecular formula is C6H7NO2. The second kappa shape index (κ2) is 2.62. The zero-order chi connectivity index (χ0) is 6.69. The van der Waals surface area contributed by atoms with Gasteiger partial charge < -0.3 is 5.11 Å². The molecule has 1 atom stereocenters. The summed E-state index contributed by atoms with van der Waals surface area (Å²) in [5, 5.41) is 8.36. The molecule has 0 aliphatic carbocycles. The maximum absolute atomic E-state index is 10.2. The molecule has 3 heteroatoms. The number of carboxylic acids is 1. The molecule has 0 fully saturated rings. The molecule has 1 aliphatic heterocycles. The zero-order valence-electron chi connectivity index (χ0n) is 4.87. The topological polar surface area (TPSA) is 49.7 Å². The SMILES string of the molecule is O=C(O)C1[C]CCC=N1. The van der Waals surface area contributed by atoms with E-state index < -0.39 is 12.0 Å². The summed E-state index contributed by atoms with van der Waals surface area (Å²) in [5.74, 6) is -0.911. The van der Waals surface area contributed by atoms with Gasteiger partial charge in [0.05, 0.1) is 0 Å². The third-order valence-corrected chi connectivity index (χ3v) is 1.10. The Hall–Kier alpha value is -0.860. The molecule has 0 bridgehead atoms. The van der Waals surface area contributed by atoms with Crippen molar-refractivity contribution in [3.05, 3.63) is 6.42 Å². The average Bonchev–Trinajstić information content (AvgIpc) is 1.90. The molecule has 0 saturated carbocycles. The molecule has 1 heterocycles. The fourth-order valence-corrected chi connectivity index (χ4v) is 0.668. The van der Waals surface area contributed by atoms with Gasteiger partial charge in [-0.15, -0.1) is 0 Å². The van der Waals surface area contributed by atoms with Crippen molar-refractivity contribution in [1.29, 1.82) is 0 Å². The highest BCUT2D eigenvalue weighted by Crippen LogP contribution is 2.07. The van der Waals surface area contributed by atoms with E-state index in [1.54, 1.807) is 6.21 Å². The molecular weight excluding hydrogens is 118 g/mol. The molecule has 1 N–H and O–H groups in total. The van der Waals surface area contributed by atoms with E-state index in [1.165, 1.54) is 0 Å². The molecule has 1 unspecified atom stereocenters. The summed E-state index contributed by atoms with van der Waals surface area (Å²) in [7, 11) is 0. The highest BCUT2D eigenvalue weighted by atomic mass is 16.4. The van der Waals surface area contributed by atoms with Gasteiger partial charge in [0.25, 0.3) is 0 Å². The lowest BCUT2D eigenvalue weighted by Gasteiger charge is -2.08. The van der Waals surface area contributed by atoms with Crippen molar-refractivity contribution in [1.82, 2.24) is 0 Å². The van der Waals surface area contributed by atoms with Crippen LogP contribution in [0.15, 0.2) is 4.99 Å². The lowest BCUT2D eigenvalue weighted by Crippen LogP contribution is -2.20. The lowest BCUT2D eigenvalue weighted by atomic mass is 10.1. The van der Waals surface area contributed by atoms with E-state index >= 15 is 0 Å². The van der Waals surface area contributed by atoms with Gasteiger partial charge in [-0.25, -0.2) is 4.79 Å². The van der Waals surface area contributed by atoms with Crippen LogP contribution in [0.3, 0.4) is 0 Å². The number of nitrogens with zero attached hydrogens (tertiary/aromatic N) is 1. The van der Waals surface area contributed by atoms with Gasteiger partial charge in [-0.2, -0.15) is 0 Å². The van der Waals surface area contributed by atoms with E-state index in [2.05, 4.69) is 11.4 Å². The molecule has 0 aromatic carbocycles. The number of carboxylic acid groups (broad SMARTS) is 1. The lowest BCUT2D eigenvalue weighted by molar-refractivity contribution is -0.137. The van der Waals surface area contributed by atoms with Crippen LogP contribution in [-0.2, 0) is 4.79 Å². The highest BCUT2D eigenvalue weighted by Gasteiger charge is 2.17. The Balaban J connectivity index is 2.50. The second-order valence-electron chi connectivity index (χ2n) is 1.82. The van der Waals surface area contributed by atoms with E-state index in [-0.39, 0.29) is 0 Å². The highest BCUT2D eigenvalue weighted by molar-refractivity contribution is 5.78. The van der Waals surface area contributed by atoms with Crippen molar-refractivity contribution in [3.8, 4) is 0 Å². The number of carbonyl (C=O) groups is 1. The van der Waals surface area contributed by atoms with Gasteiger partial charge >= 0.3 is 5.97 Å². The average molecular weight is 125 g/mol. The van der Waals surface area contributed by atoms with Crippen LogP contribution >= 0.6 is 0 Å². The minimum atomic E-state index is -0.911. The molecule has 1 rings (SSSR count). The van der Waals surface area contributed by atoms with Crippen LogP contribution in [0.2, 0.25) is 0 Å². The number of rotatable bonds is 1. The molecule has 0 amide bonds. The Morgan fingerprint density at radius 3 is 3.00 bits per heavy atom. The molecule has 0 spiro atoms. The number of hydrogen-bond donors (Lipinski definition) is 1. The molecule has 0 aromatic heterocycles. The van der Waals surface area contributed by atoms with Gasteiger partial charge in [0.15, 0.2) is 6.04 Å². The Labute approximate surface area is 53.4 Å². The maximum Gasteiger partial charge on any atom is 0.329 e. The van der Waals surface area contributed by atoms with Crippen LogP contribution in [-0.4, -0.2) is 23.3 Å². The first kappa shape index (κ1) is 6.26. The Morgan fingerprint density at radius 2 is 2.67 bits per heavy atom. The van der Waals surface area contributed by atoms with Crippen LogP contribution in [0.25, 0.3) is 0 Å². The largest absolute Gasteiger partial charge is 0.480 e. The summed E-state index contributed by atoms with van der Waals surface area (Å²) < 4.78 is 0. The van der Waals surface area contributed by atoms with Gasteiger partial charge in [-0.05, 0) is 19.1 Å². The molecule has 0 saturated heterocycles. The van der Waals surface area contributed by atoms with E-state index in [0.29, 0.717) is 6.42 Å². The molecule has 1 aliphatic rings. The van der Waals surface area contributed by atoms with E-state index in [4.69, 9.17) is 5.11 Å². The summed E-state index contributed by atoms with van der Waals surface area (Å²) in [6.07, 6.45) is 5.89. The Bertz CT molecular complexity index is 142. The molecule has 3 nitrogen and oxygen atoms in total. The molecule has 2 radical (unpaired) electrons. The van der Waals surface area contributed by atoms with Crippen molar-refractivity contribution in [2.75, 3.05) is 0 Å². The third kappa shape index (κ3) is 1.52. The summed E-state index contributed by atoms with van der Waals surface area (Å²) in [6, 6.07) is -0.709. The number of aliphatic carboxylic acids is 1. The minimum Gasteiger partial charge on any atom is -0.480 e. The van der Waals surface area contributed by atoms with Crippen molar-refractivity contribution >= 4 is 12.2 Å². The molecule has 48 valence electrons. The quantitative estimate of drug-likeness (QED) is 0.551. The van der Waals surface area contributed by atoms with Crippen LogP contribution in [0, 0.1) is 6.42 Å². The third-order valence-electron chi connectivity index (χ3n) is 1.10. The predicted octanol–water partition coefficient (Wildman–Crippen LogP) is 0.385. The number of hydrogen-bond acceptors (Lipinski definition) is 2.